The molecule has 16 heavy (non-hydrogen) atoms. The van der Waals surface area contributed by atoms with E-state index in [9.17, 15) is 0 Å². The molecule has 1 saturated carbocycles. The van der Waals surface area contributed by atoms with Crippen molar-refractivity contribution in [2.24, 2.45) is 22.1 Å². The van der Waals surface area contributed by atoms with Crippen LogP contribution < -0.4 is 11.1 Å². The summed E-state index contributed by atoms with van der Waals surface area (Å²) in [6.07, 6.45) is 5.24. The predicted molar refractivity (Wildman–Crippen MR) is 81.3 cm³/mol. The van der Waals surface area contributed by atoms with Gasteiger partial charge < -0.3 is 11.1 Å². The highest BCUT2D eigenvalue weighted by Gasteiger charge is 2.34. The average Bonchev–Trinajstić information content (AvgIpc) is 2.14. The highest BCUT2D eigenvalue weighted by Crippen LogP contribution is 2.43. The Hall–Kier alpha value is 0. The van der Waals surface area contributed by atoms with Gasteiger partial charge in [-0.2, -0.15) is 0 Å². The van der Waals surface area contributed by atoms with Gasteiger partial charge in [-0.15, -0.1) is 24.0 Å². The maximum absolute atomic E-state index is 5.80. The first-order valence-electron chi connectivity index (χ1n) is 6.12. The van der Waals surface area contributed by atoms with E-state index in [4.69, 9.17) is 5.73 Å². The zero-order valence-electron chi connectivity index (χ0n) is 10.8. The van der Waals surface area contributed by atoms with Crippen molar-refractivity contribution in [2.75, 3.05) is 13.1 Å². The number of halogens is 1. The molecule has 0 amide bonds. The number of nitrogens with zero attached hydrogens (tertiary/aromatic N) is 1. The first kappa shape index (κ1) is 16.0. The van der Waals surface area contributed by atoms with Gasteiger partial charge >= 0.3 is 0 Å². The third-order valence-electron chi connectivity index (χ3n) is 3.44. The third-order valence-corrected chi connectivity index (χ3v) is 3.44. The van der Waals surface area contributed by atoms with Gasteiger partial charge in [0.05, 0.1) is 0 Å². The lowest BCUT2D eigenvalue weighted by molar-refractivity contribution is 0.139. The van der Waals surface area contributed by atoms with Crippen LogP contribution in [0.5, 0.6) is 0 Å². The fourth-order valence-corrected chi connectivity index (χ4v) is 1.92. The SMILES string of the molecule is CCC1(CN=C(N)NCC(C)C)CCC1.I. The molecule has 1 rings (SSSR count). The average molecular weight is 339 g/mol. The van der Waals surface area contributed by atoms with Crippen LogP contribution in [0.1, 0.15) is 46.5 Å². The van der Waals surface area contributed by atoms with E-state index in [0.717, 1.165) is 13.1 Å². The van der Waals surface area contributed by atoms with Crippen molar-refractivity contribution in [3.8, 4) is 0 Å². The molecule has 0 bridgehead atoms. The Labute approximate surface area is 117 Å². The Kier molecular flexibility index (Phi) is 7.35. The van der Waals surface area contributed by atoms with E-state index in [0.29, 0.717) is 17.3 Å². The number of nitrogens with one attached hydrogen (secondary N) is 1. The van der Waals surface area contributed by atoms with Crippen LogP contribution in [0.4, 0.5) is 0 Å². The molecule has 1 fully saturated rings. The highest BCUT2D eigenvalue weighted by molar-refractivity contribution is 14.0. The zero-order chi connectivity index (χ0) is 11.3. The van der Waals surface area contributed by atoms with Crippen LogP contribution in [0, 0.1) is 11.3 Å². The van der Waals surface area contributed by atoms with Crippen LogP contribution in [0.3, 0.4) is 0 Å². The fourth-order valence-electron chi connectivity index (χ4n) is 1.92. The highest BCUT2D eigenvalue weighted by atomic mass is 127. The summed E-state index contributed by atoms with van der Waals surface area (Å²) in [6, 6.07) is 0. The monoisotopic (exact) mass is 339 g/mol. The van der Waals surface area contributed by atoms with Crippen molar-refractivity contribution in [3.05, 3.63) is 0 Å². The fraction of sp³-hybridized carbons (Fsp3) is 0.917. The van der Waals surface area contributed by atoms with Crippen molar-refractivity contribution in [3.63, 3.8) is 0 Å². The van der Waals surface area contributed by atoms with E-state index in [1.165, 1.54) is 25.7 Å². The summed E-state index contributed by atoms with van der Waals surface area (Å²) < 4.78 is 0. The van der Waals surface area contributed by atoms with Gasteiger partial charge in [0, 0.05) is 13.1 Å². The summed E-state index contributed by atoms with van der Waals surface area (Å²) >= 11 is 0. The molecule has 0 saturated heterocycles. The van der Waals surface area contributed by atoms with Gasteiger partial charge in [0.25, 0.3) is 0 Å². The molecular formula is C12H26IN3. The molecule has 96 valence electrons. The lowest BCUT2D eigenvalue weighted by atomic mass is 9.67. The van der Waals surface area contributed by atoms with E-state index < -0.39 is 0 Å². The maximum atomic E-state index is 5.80. The van der Waals surface area contributed by atoms with E-state index >= 15 is 0 Å². The largest absolute Gasteiger partial charge is 0.370 e. The summed E-state index contributed by atoms with van der Waals surface area (Å²) in [5.41, 5.74) is 6.28. The molecule has 0 radical (unpaired) electrons. The van der Waals surface area contributed by atoms with Gasteiger partial charge in [0.1, 0.15) is 0 Å². The molecule has 1 aliphatic rings. The number of aliphatic imine (C=N–C) groups is 1. The van der Waals surface area contributed by atoms with Crippen molar-refractivity contribution in [1.29, 1.82) is 0 Å². The van der Waals surface area contributed by atoms with Crippen LogP contribution in [0.15, 0.2) is 4.99 Å². The molecular weight excluding hydrogens is 313 g/mol. The minimum atomic E-state index is 0. The summed E-state index contributed by atoms with van der Waals surface area (Å²) in [5, 5.41) is 3.15. The Balaban J connectivity index is 0.00000225. The lowest BCUT2D eigenvalue weighted by Crippen LogP contribution is -2.37. The summed E-state index contributed by atoms with van der Waals surface area (Å²) in [6.45, 7) is 8.40. The van der Waals surface area contributed by atoms with Crippen molar-refractivity contribution in [2.45, 2.75) is 46.5 Å². The second-order valence-electron chi connectivity index (χ2n) is 5.18. The number of nitrogens with two attached hydrogens (primary N) is 1. The predicted octanol–water partition coefficient (Wildman–Crippen LogP) is 2.75. The Morgan fingerprint density at radius 2 is 2.06 bits per heavy atom. The van der Waals surface area contributed by atoms with Gasteiger partial charge in [-0.1, -0.05) is 27.2 Å². The maximum Gasteiger partial charge on any atom is 0.188 e. The van der Waals surface area contributed by atoms with Gasteiger partial charge in [-0.3, -0.25) is 4.99 Å². The number of hydrogen-bond acceptors (Lipinski definition) is 1. The lowest BCUT2D eigenvalue weighted by Gasteiger charge is -2.40. The minimum Gasteiger partial charge on any atom is -0.370 e. The zero-order valence-corrected chi connectivity index (χ0v) is 13.1. The third kappa shape index (κ3) is 4.89. The van der Waals surface area contributed by atoms with E-state index in [1.54, 1.807) is 0 Å². The van der Waals surface area contributed by atoms with E-state index in [1.807, 2.05) is 0 Å². The molecule has 0 aromatic heterocycles. The molecule has 0 heterocycles. The summed E-state index contributed by atoms with van der Waals surface area (Å²) in [5.74, 6) is 1.23. The molecule has 0 aliphatic heterocycles. The van der Waals surface area contributed by atoms with E-state index in [2.05, 4.69) is 31.1 Å². The topological polar surface area (TPSA) is 50.4 Å². The second kappa shape index (κ2) is 7.35. The van der Waals surface area contributed by atoms with Crippen LogP contribution in [-0.4, -0.2) is 19.0 Å². The van der Waals surface area contributed by atoms with Crippen molar-refractivity contribution >= 4 is 29.9 Å². The van der Waals surface area contributed by atoms with Gasteiger partial charge in [0.15, 0.2) is 5.96 Å². The second-order valence-corrected chi connectivity index (χ2v) is 5.18. The Morgan fingerprint density at radius 1 is 1.44 bits per heavy atom. The molecule has 0 aromatic carbocycles. The molecule has 0 atom stereocenters. The normalized spacial score (nSPS) is 18.9. The number of hydrogen-bond donors (Lipinski definition) is 2. The molecule has 0 spiro atoms. The molecule has 0 aromatic rings. The Bertz CT molecular complexity index is 217. The first-order chi connectivity index (χ1) is 7.08. The number of guanidine groups is 1. The molecule has 3 nitrogen and oxygen atoms in total. The summed E-state index contributed by atoms with van der Waals surface area (Å²) in [4.78, 5) is 4.44. The molecule has 3 N–H and O–H groups in total. The van der Waals surface area contributed by atoms with Crippen molar-refractivity contribution in [1.82, 2.24) is 5.32 Å². The summed E-state index contributed by atoms with van der Waals surface area (Å²) in [7, 11) is 0. The van der Waals surface area contributed by atoms with Crippen molar-refractivity contribution < 1.29 is 0 Å². The van der Waals surface area contributed by atoms with Gasteiger partial charge in [-0.05, 0) is 30.6 Å². The standard InChI is InChI=1S/C12H25N3.HI/c1-4-12(6-5-7-12)9-15-11(13)14-8-10(2)3;/h10H,4-9H2,1-3H3,(H3,13,14,15);1H. The smallest absolute Gasteiger partial charge is 0.188 e. The van der Waals surface area contributed by atoms with Crippen LogP contribution in [0.2, 0.25) is 0 Å². The molecule has 1 aliphatic carbocycles. The Morgan fingerprint density at radius 3 is 2.44 bits per heavy atom. The first-order valence-corrected chi connectivity index (χ1v) is 6.12. The van der Waals surface area contributed by atoms with Gasteiger partial charge in [0.2, 0.25) is 0 Å². The van der Waals surface area contributed by atoms with Crippen LogP contribution >= 0.6 is 24.0 Å². The van der Waals surface area contributed by atoms with Crippen LogP contribution in [-0.2, 0) is 0 Å². The molecule has 0 unspecified atom stereocenters. The van der Waals surface area contributed by atoms with Crippen LogP contribution in [0.25, 0.3) is 0 Å². The quantitative estimate of drug-likeness (QED) is 0.460. The molecule has 4 heteroatoms. The van der Waals surface area contributed by atoms with E-state index in [-0.39, 0.29) is 24.0 Å². The van der Waals surface area contributed by atoms with Gasteiger partial charge in [-0.25, -0.2) is 0 Å². The minimum absolute atomic E-state index is 0. The number of rotatable bonds is 5.